The van der Waals surface area contributed by atoms with E-state index in [0.717, 1.165) is 16.3 Å². The molecule has 0 saturated carbocycles. The lowest BCUT2D eigenvalue weighted by Gasteiger charge is -1.96. The molecular formula is C11H9N2+. The molecule has 62 valence electrons. The van der Waals surface area contributed by atoms with Gasteiger partial charge in [-0.05, 0) is 12.1 Å². The summed E-state index contributed by atoms with van der Waals surface area (Å²) in [6.07, 6.45) is 3.96. The largest absolute Gasteiger partial charge is 0.207 e. The Bertz CT molecular complexity index is 495. The predicted molar refractivity (Wildman–Crippen MR) is 49.8 cm³/mol. The van der Waals surface area contributed by atoms with Crippen molar-refractivity contribution < 1.29 is 4.57 Å². The fourth-order valence-corrected chi connectivity index (χ4v) is 1.43. The number of benzene rings is 1. The van der Waals surface area contributed by atoms with Crippen LogP contribution in [0.1, 0.15) is 5.56 Å². The molecule has 1 heterocycles. The van der Waals surface area contributed by atoms with Gasteiger partial charge in [-0.3, -0.25) is 0 Å². The van der Waals surface area contributed by atoms with E-state index in [0.29, 0.717) is 0 Å². The number of fused-ring (bicyclic) bond motifs is 1. The Hall–Kier alpha value is -1.88. The fourth-order valence-electron chi connectivity index (χ4n) is 1.43. The molecular weight excluding hydrogens is 160 g/mol. The standard InChI is InChI=1S/C11H9N2/c1-13-6-5-11-9(7-12)3-2-4-10(11)8-13/h2-6,8H,1H3/q+1. The van der Waals surface area contributed by atoms with Crippen LogP contribution in [0.15, 0.2) is 36.7 Å². The summed E-state index contributed by atoms with van der Waals surface area (Å²) in [5.74, 6) is 0. The molecule has 2 aromatic rings. The van der Waals surface area contributed by atoms with E-state index in [1.165, 1.54) is 0 Å². The van der Waals surface area contributed by atoms with Gasteiger partial charge < -0.3 is 0 Å². The van der Waals surface area contributed by atoms with Crippen LogP contribution in [-0.4, -0.2) is 0 Å². The molecule has 0 N–H and O–H groups in total. The van der Waals surface area contributed by atoms with Crippen LogP contribution in [0.2, 0.25) is 0 Å². The van der Waals surface area contributed by atoms with Crippen molar-refractivity contribution in [3.05, 3.63) is 42.2 Å². The average Bonchev–Trinajstić information content (AvgIpc) is 2.16. The smallest absolute Gasteiger partial charge is 0.176 e. The van der Waals surface area contributed by atoms with Gasteiger partial charge in [0.2, 0.25) is 0 Å². The van der Waals surface area contributed by atoms with Crippen molar-refractivity contribution in [3.8, 4) is 6.07 Å². The first-order chi connectivity index (χ1) is 6.31. The van der Waals surface area contributed by atoms with Crippen LogP contribution in [0.25, 0.3) is 10.8 Å². The van der Waals surface area contributed by atoms with Crippen LogP contribution < -0.4 is 4.57 Å². The van der Waals surface area contributed by atoms with Crippen molar-refractivity contribution in [2.75, 3.05) is 0 Å². The predicted octanol–water partition coefficient (Wildman–Crippen LogP) is 1.54. The number of hydrogen-bond donors (Lipinski definition) is 0. The number of pyridine rings is 1. The zero-order valence-corrected chi connectivity index (χ0v) is 7.36. The quantitative estimate of drug-likeness (QED) is 0.550. The van der Waals surface area contributed by atoms with Crippen LogP contribution >= 0.6 is 0 Å². The maximum Gasteiger partial charge on any atom is 0.176 e. The minimum absolute atomic E-state index is 0.734. The van der Waals surface area contributed by atoms with Gasteiger partial charge in [-0.2, -0.15) is 5.26 Å². The van der Waals surface area contributed by atoms with Crippen molar-refractivity contribution >= 4 is 10.8 Å². The third kappa shape index (κ3) is 1.25. The van der Waals surface area contributed by atoms with Gasteiger partial charge in [-0.15, -0.1) is 0 Å². The van der Waals surface area contributed by atoms with Crippen molar-refractivity contribution in [3.63, 3.8) is 0 Å². The average molecular weight is 169 g/mol. The minimum Gasteiger partial charge on any atom is -0.207 e. The molecule has 0 atom stereocenters. The van der Waals surface area contributed by atoms with E-state index in [2.05, 4.69) is 6.07 Å². The summed E-state index contributed by atoms with van der Waals surface area (Å²) in [5.41, 5.74) is 0.734. The van der Waals surface area contributed by atoms with Gasteiger partial charge in [0, 0.05) is 16.8 Å². The van der Waals surface area contributed by atoms with E-state index in [1.54, 1.807) is 0 Å². The lowest BCUT2D eigenvalue weighted by molar-refractivity contribution is -0.670. The lowest BCUT2D eigenvalue weighted by atomic mass is 10.1. The minimum atomic E-state index is 0.734. The van der Waals surface area contributed by atoms with Gasteiger partial charge in [0.25, 0.3) is 0 Å². The molecule has 0 aliphatic heterocycles. The summed E-state index contributed by atoms with van der Waals surface area (Å²) < 4.78 is 1.98. The number of rotatable bonds is 0. The number of aromatic nitrogens is 1. The van der Waals surface area contributed by atoms with E-state index in [-0.39, 0.29) is 0 Å². The van der Waals surface area contributed by atoms with E-state index in [4.69, 9.17) is 5.26 Å². The Labute approximate surface area is 76.7 Å². The van der Waals surface area contributed by atoms with Crippen molar-refractivity contribution in [2.24, 2.45) is 7.05 Å². The van der Waals surface area contributed by atoms with Crippen LogP contribution in [0.4, 0.5) is 0 Å². The molecule has 1 aromatic heterocycles. The van der Waals surface area contributed by atoms with E-state index in [1.807, 2.05) is 48.3 Å². The normalized spacial score (nSPS) is 9.85. The molecule has 2 heteroatoms. The zero-order chi connectivity index (χ0) is 9.26. The third-order valence-corrected chi connectivity index (χ3v) is 2.08. The van der Waals surface area contributed by atoms with Gasteiger partial charge in [0.15, 0.2) is 12.4 Å². The molecule has 0 fully saturated rings. The molecule has 0 aliphatic carbocycles. The maximum atomic E-state index is 8.85. The SMILES string of the molecule is C[n+]1ccc2c(C#N)cccc2c1. The lowest BCUT2D eigenvalue weighted by Crippen LogP contribution is -2.25. The van der Waals surface area contributed by atoms with Gasteiger partial charge in [0.05, 0.1) is 11.6 Å². The Balaban J connectivity index is 2.87. The summed E-state index contributed by atoms with van der Waals surface area (Å²) in [6.45, 7) is 0. The molecule has 1 aromatic carbocycles. The fraction of sp³-hybridized carbons (Fsp3) is 0.0909. The van der Waals surface area contributed by atoms with E-state index >= 15 is 0 Å². The highest BCUT2D eigenvalue weighted by Crippen LogP contribution is 2.15. The second kappa shape index (κ2) is 2.87. The monoisotopic (exact) mass is 169 g/mol. The molecule has 0 aliphatic rings. The third-order valence-electron chi connectivity index (χ3n) is 2.08. The first-order valence-corrected chi connectivity index (χ1v) is 4.09. The first kappa shape index (κ1) is 7.75. The van der Waals surface area contributed by atoms with Gasteiger partial charge >= 0.3 is 0 Å². The molecule has 2 nitrogen and oxygen atoms in total. The van der Waals surface area contributed by atoms with Crippen LogP contribution in [-0.2, 0) is 7.05 Å². The van der Waals surface area contributed by atoms with Gasteiger partial charge in [0.1, 0.15) is 7.05 Å². The molecule has 0 amide bonds. The second-order valence-electron chi connectivity index (χ2n) is 3.03. The number of nitriles is 1. The van der Waals surface area contributed by atoms with E-state index in [9.17, 15) is 0 Å². The molecule has 0 saturated heterocycles. The molecule has 0 spiro atoms. The molecule has 0 bridgehead atoms. The van der Waals surface area contributed by atoms with Gasteiger partial charge in [-0.25, -0.2) is 4.57 Å². The maximum absolute atomic E-state index is 8.85. The highest BCUT2D eigenvalue weighted by molar-refractivity contribution is 5.86. The Kier molecular flexibility index (Phi) is 1.71. The highest BCUT2D eigenvalue weighted by Gasteiger charge is 2.02. The zero-order valence-electron chi connectivity index (χ0n) is 7.36. The summed E-state index contributed by atoms with van der Waals surface area (Å²) in [5, 5.41) is 11.0. The molecule has 0 unspecified atom stereocenters. The highest BCUT2D eigenvalue weighted by atomic mass is 14.9. The van der Waals surface area contributed by atoms with Crippen LogP contribution in [0.5, 0.6) is 0 Å². The summed E-state index contributed by atoms with van der Waals surface area (Å²) in [6, 6.07) is 9.90. The summed E-state index contributed by atoms with van der Waals surface area (Å²) in [7, 11) is 1.97. The Morgan fingerprint density at radius 2 is 2.15 bits per heavy atom. The number of aryl methyl sites for hydroxylation is 1. The second-order valence-corrected chi connectivity index (χ2v) is 3.03. The van der Waals surface area contributed by atoms with Crippen molar-refractivity contribution in [1.29, 1.82) is 5.26 Å². The number of hydrogen-bond acceptors (Lipinski definition) is 1. The Morgan fingerprint density at radius 3 is 2.92 bits per heavy atom. The van der Waals surface area contributed by atoms with Gasteiger partial charge in [-0.1, -0.05) is 6.07 Å². The van der Waals surface area contributed by atoms with Crippen LogP contribution in [0, 0.1) is 11.3 Å². The van der Waals surface area contributed by atoms with E-state index < -0.39 is 0 Å². The molecule has 2 rings (SSSR count). The van der Waals surface area contributed by atoms with Crippen LogP contribution in [0.3, 0.4) is 0 Å². The summed E-state index contributed by atoms with van der Waals surface area (Å²) >= 11 is 0. The first-order valence-electron chi connectivity index (χ1n) is 4.09. The Morgan fingerprint density at radius 1 is 1.31 bits per heavy atom. The van der Waals surface area contributed by atoms with Crippen molar-refractivity contribution in [2.45, 2.75) is 0 Å². The number of nitrogens with zero attached hydrogens (tertiary/aromatic N) is 2. The topological polar surface area (TPSA) is 27.7 Å². The van der Waals surface area contributed by atoms with Crippen molar-refractivity contribution in [1.82, 2.24) is 0 Å². The molecule has 0 radical (unpaired) electrons. The molecule has 13 heavy (non-hydrogen) atoms. The summed E-state index contributed by atoms with van der Waals surface area (Å²) in [4.78, 5) is 0.